The van der Waals surface area contributed by atoms with Crippen molar-refractivity contribution >= 4 is 23.5 Å². The van der Waals surface area contributed by atoms with E-state index in [0.717, 1.165) is 40.9 Å². The summed E-state index contributed by atoms with van der Waals surface area (Å²) in [7, 11) is 5.06. The molecule has 1 atom stereocenters. The third-order valence-electron chi connectivity index (χ3n) is 7.55. The normalized spacial score (nSPS) is 12.7. The number of rotatable bonds is 14. The zero-order valence-electron chi connectivity index (χ0n) is 25.0. The van der Waals surface area contributed by atoms with Crippen molar-refractivity contribution in [1.82, 2.24) is 35.1 Å². The number of hydrogen-bond donors (Lipinski definition) is 3. The smallest absolute Gasteiger partial charge is 0.332 e. The molecule has 0 saturated carbocycles. The number of aliphatic imine (C=N–C) groups is 1. The van der Waals surface area contributed by atoms with Gasteiger partial charge in [-0.1, -0.05) is 73.5 Å². The number of imidazole rings is 1. The lowest BCUT2D eigenvalue weighted by Crippen LogP contribution is -2.51. The number of H-pyrrole nitrogens is 1. The van der Waals surface area contributed by atoms with E-state index in [-0.39, 0.29) is 11.1 Å². The number of hydrogen-bond acceptors (Lipinski definition) is 8. The number of carbonyl (C=O) groups is 1. The van der Waals surface area contributed by atoms with Gasteiger partial charge in [-0.3, -0.25) is 9.89 Å². The summed E-state index contributed by atoms with van der Waals surface area (Å²) in [6.07, 6.45) is 3.52. The molecule has 2 aromatic heterocycles. The average molecular weight is 607 g/mol. The maximum atomic E-state index is 13.6. The van der Waals surface area contributed by atoms with Crippen molar-refractivity contribution in [3.8, 4) is 22.5 Å². The van der Waals surface area contributed by atoms with Crippen LogP contribution in [-0.4, -0.2) is 74.8 Å². The van der Waals surface area contributed by atoms with E-state index in [1.807, 2.05) is 43.3 Å². The molecular weight excluding hydrogens is 568 g/mol. The molecule has 12 nitrogen and oxygen atoms in total. The summed E-state index contributed by atoms with van der Waals surface area (Å²) in [4.78, 5) is 24.4. The quantitative estimate of drug-likeness (QED) is 0.0838. The Balaban J connectivity index is 1.76. The lowest BCUT2D eigenvalue weighted by Gasteiger charge is -2.38. The van der Waals surface area contributed by atoms with Crippen molar-refractivity contribution in [2.24, 2.45) is 16.5 Å². The van der Waals surface area contributed by atoms with E-state index in [2.05, 4.69) is 61.4 Å². The molecule has 0 aliphatic rings. The van der Waals surface area contributed by atoms with Gasteiger partial charge >= 0.3 is 5.97 Å². The van der Waals surface area contributed by atoms with Gasteiger partial charge in [0, 0.05) is 25.1 Å². The predicted octanol–water partition coefficient (Wildman–Crippen LogP) is 3.76. The molecule has 2 aromatic carbocycles. The second kappa shape index (κ2) is 14.3. The SMILES string of the molecule is CCCCc1nc(Cl)c([C@@](CCCN=C(N)N)(C(=O)OC)N(C)C)n1Cc1ccc(-c2ccccc2-c2nn[nH]n2)cc1. The minimum atomic E-state index is -1.22. The monoisotopic (exact) mass is 606 g/mol. The fraction of sp³-hybridized carbons (Fsp3) is 0.400. The molecule has 4 aromatic rings. The molecule has 0 amide bonds. The number of benzene rings is 2. The maximum absolute atomic E-state index is 13.6. The number of tetrazole rings is 1. The maximum Gasteiger partial charge on any atom is 0.332 e. The fourth-order valence-corrected chi connectivity index (χ4v) is 5.74. The van der Waals surface area contributed by atoms with Gasteiger partial charge in [0.2, 0.25) is 5.82 Å². The van der Waals surface area contributed by atoms with Crippen LogP contribution in [0.2, 0.25) is 5.15 Å². The second-order valence-electron chi connectivity index (χ2n) is 10.5. The Morgan fingerprint density at radius 2 is 1.84 bits per heavy atom. The topological polar surface area (TPSA) is 166 Å². The van der Waals surface area contributed by atoms with Gasteiger partial charge in [-0.2, -0.15) is 5.21 Å². The standard InChI is InChI=1S/C30H39ClN10O2/c1-5-6-12-24-35-26(31)25(30(40(2)3,28(42)43-4)17-9-18-34-29(32)33)41(24)19-20-13-15-21(16-14-20)22-10-7-8-11-23(22)27-36-38-39-37-27/h7-8,10-11,13-16H,5-6,9,12,17-19H2,1-4H3,(H4,32,33,34)(H,36,37,38,39)/t30-/m0/s1. The van der Waals surface area contributed by atoms with E-state index in [1.54, 1.807) is 0 Å². The number of likely N-dealkylation sites (N-methyl/N-ethyl adjacent to an activating group) is 1. The van der Waals surface area contributed by atoms with Gasteiger partial charge in [-0.25, -0.2) is 9.78 Å². The highest BCUT2D eigenvalue weighted by molar-refractivity contribution is 6.30. The van der Waals surface area contributed by atoms with Crippen LogP contribution in [0, 0.1) is 0 Å². The molecule has 0 aliphatic heterocycles. The Bertz CT molecular complexity index is 1530. The highest BCUT2D eigenvalue weighted by atomic mass is 35.5. The highest BCUT2D eigenvalue weighted by Crippen LogP contribution is 2.39. The number of aryl methyl sites for hydroxylation is 1. The molecular formula is C30H39ClN10O2. The zero-order valence-corrected chi connectivity index (χ0v) is 25.8. The molecule has 0 aliphatic carbocycles. The summed E-state index contributed by atoms with van der Waals surface area (Å²) in [6, 6.07) is 16.2. The molecule has 5 N–H and O–H groups in total. The summed E-state index contributed by atoms with van der Waals surface area (Å²) < 4.78 is 7.45. The van der Waals surface area contributed by atoms with E-state index in [4.69, 9.17) is 32.8 Å². The highest BCUT2D eigenvalue weighted by Gasteiger charge is 2.48. The van der Waals surface area contributed by atoms with Gasteiger partial charge in [-0.05, 0) is 55.3 Å². The Morgan fingerprint density at radius 1 is 1.12 bits per heavy atom. The van der Waals surface area contributed by atoms with E-state index in [1.165, 1.54) is 7.11 Å². The van der Waals surface area contributed by atoms with Crippen molar-refractivity contribution in [2.45, 2.75) is 51.1 Å². The molecule has 43 heavy (non-hydrogen) atoms. The van der Waals surface area contributed by atoms with Crippen LogP contribution < -0.4 is 11.5 Å². The van der Waals surface area contributed by atoms with Crippen LogP contribution in [0.1, 0.15) is 49.7 Å². The number of nitrogens with zero attached hydrogens (tertiary/aromatic N) is 7. The van der Waals surface area contributed by atoms with E-state index in [9.17, 15) is 4.79 Å². The van der Waals surface area contributed by atoms with Crippen molar-refractivity contribution in [3.63, 3.8) is 0 Å². The summed E-state index contributed by atoms with van der Waals surface area (Å²) in [6.45, 7) is 2.95. The summed E-state index contributed by atoms with van der Waals surface area (Å²) in [5, 5.41) is 14.8. The molecule has 2 heterocycles. The number of ether oxygens (including phenoxy) is 1. The minimum absolute atomic E-state index is 0.00168. The van der Waals surface area contributed by atoms with Crippen molar-refractivity contribution in [2.75, 3.05) is 27.7 Å². The van der Waals surface area contributed by atoms with E-state index >= 15 is 0 Å². The number of aromatic amines is 1. The number of unbranched alkanes of at least 4 members (excludes halogenated alkanes) is 1. The van der Waals surface area contributed by atoms with Crippen LogP contribution in [0.4, 0.5) is 0 Å². The average Bonchev–Trinajstić information content (AvgIpc) is 3.64. The van der Waals surface area contributed by atoms with Gasteiger partial charge in [0.1, 0.15) is 5.82 Å². The molecule has 0 bridgehead atoms. The van der Waals surface area contributed by atoms with E-state index < -0.39 is 11.5 Å². The van der Waals surface area contributed by atoms with Crippen LogP contribution in [0.3, 0.4) is 0 Å². The lowest BCUT2D eigenvalue weighted by molar-refractivity contribution is -0.155. The summed E-state index contributed by atoms with van der Waals surface area (Å²) >= 11 is 6.91. The number of methoxy groups -OCH3 is 1. The first-order valence-electron chi connectivity index (χ1n) is 14.2. The number of aromatic nitrogens is 6. The van der Waals surface area contributed by atoms with Crippen LogP contribution in [0.25, 0.3) is 22.5 Å². The Kier molecular flexibility index (Phi) is 10.5. The first kappa shape index (κ1) is 31.6. The number of nitrogens with two attached hydrogens (primary N) is 2. The number of halogens is 1. The largest absolute Gasteiger partial charge is 0.467 e. The van der Waals surface area contributed by atoms with Crippen LogP contribution in [0.15, 0.2) is 53.5 Å². The third kappa shape index (κ3) is 6.86. The molecule has 0 spiro atoms. The van der Waals surface area contributed by atoms with E-state index in [0.29, 0.717) is 43.9 Å². The molecule has 0 radical (unpaired) electrons. The number of carbonyl (C=O) groups excluding carboxylic acids is 1. The molecule has 0 saturated heterocycles. The second-order valence-corrected chi connectivity index (χ2v) is 10.8. The number of esters is 1. The van der Waals surface area contributed by atoms with Crippen LogP contribution in [-0.2, 0) is 28.0 Å². The Labute approximate surface area is 256 Å². The first-order chi connectivity index (χ1) is 20.7. The van der Waals surface area contributed by atoms with Crippen LogP contribution in [0.5, 0.6) is 0 Å². The number of nitrogens with one attached hydrogen (secondary N) is 1. The van der Waals surface area contributed by atoms with Crippen molar-refractivity contribution in [1.29, 1.82) is 0 Å². The van der Waals surface area contributed by atoms with Crippen LogP contribution >= 0.6 is 11.6 Å². The Morgan fingerprint density at radius 3 is 2.44 bits per heavy atom. The van der Waals surface area contributed by atoms with Gasteiger partial charge in [0.15, 0.2) is 16.7 Å². The molecule has 4 rings (SSSR count). The van der Waals surface area contributed by atoms with Gasteiger partial charge in [-0.15, -0.1) is 10.2 Å². The van der Waals surface area contributed by atoms with Gasteiger partial charge < -0.3 is 20.8 Å². The van der Waals surface area contributed by atoms with Gasteiger partial charge in [0.05, 0.1) is 12.8 Å². The van der Waals surface area contributed by atoms with Gasteiger partial charge in [0.25, 0.3) is 0 Å². The molecule has 13 heteroatoms. The zero-order chi connectivity index (χ0) is 31.0. The Hall–Kier alpha value is -4.29. The lowest BCUT2D eigenvalue weighted by atomic mass is 9.87. The predicted molar refractivity (Wildman–Crippen MR) is 167 cm³/mol. The molecule has 228 valence electrons. The number of guanidine groups is 1. The fourth-order valence-electron chi connectivity index (χ4n) is 5.38. The molecule has 0 unspecified atom stereocenters. The third-order valence-corrected chi connectivity index (χ3v) is 7.81. The summed E-state index contributed by atoms with van der Waals surface area (Å²) in [5.74, 6) is 0.913. The summed E-state index contributed by atoms with van der Waals surface area (Å²) in [5.41, 5.74) is 14.4. The first-order valence-corrected chi connectivity index (χ1v) is 14.6. The molecule has 0 fully saturated rings. The van der Waals surface area contributed by atoms with Crippen molar-refractivity contribution < 1.29 is 9.53 Å². The van der Waals surface area contributed by atoms with Crippen molar-refractivity contribution in [3.05, 3.63) is 70.8 Å². The minimum Gasteiger partial charge on any atom is -0.467 e.